The van der Waals surface area contributed by atoms with E-state index in [1.807, 2.05) is 46.5 Å². The molecule has 5 nitrogen and oxygen atoms in total. The number of thioether (sulfide) groups is 1. The van der Waals surface area contributed by atoms with E-state index in [-0.39, 0.29) is 23.3 Å². The van der Waals surface area contributed by atoms with E-state index in [0.29, 0.717) is 31.2 Å². The average Bonchev–Trinajstić information content (AvgIpc) is 2.81. The molecule has 198 valence electrons. The van der Waals surface area contributed by atoms with Gasteiger partial charge >= 0.3 is 12.2 Å². The van der Waals surface area contributed by atoms with Crippen molar-refractivity contribution in [1.82, 2.24) is 19.8 Å². The summed E-state index contributed by atoms with van der Waals surface area (Å²) in [6.07, 6.45) is 2.59. The molecular formula is C28H26ClF3N4OS. The van der Waals surface area contributed by atoms with Gasteiger partial charge in [0.2, 0.25) is 0 Å². The molecule has 1 aromatic carbocycles. The molecule has 2 saturated heterocycles. The molecule has 0 atom stereocenters. The number of carbonyl (C=O) groups is 1. The van der Waals surface area contributed by atoms with E-state index in [2.05, 4.69) is 16.0 Å². The largest absolute Gasteiger partial charge is 0.433 e. The van der Waals surface area contributed by atoms with Gasteiger partial charge in [-0.2, -0.15) is 13.2 Å². The van der Waals surface area contributed by atoms with E-state index in [1.165, 1.54) is 12.3 Å². The molecule has 2 aliphatic heterocycles. The highest BCUT2D eigenvalue weighted by molar-refractivity contribution is 7.98. The van der Waals surface area contributed by atoms with Crippen LogP contribution in [0.3, 0.4) is 0 Å². The molecule has 10 heteroatoms. The zero-order valence-electron chi connectivity index (χ0n) is 20.7. The minimum absolute atomic E-state index is 0.0665. The van der Waals surface area contributed by atoms with Crippen LogP contribution >= 0.6 is 23.4 Å². The Bertz CT molecular complexity index is 1350. The van der Waals surface area contributed by atoms with E-state index in [4.69, 9.17) is 11.6 Å². The van der Waals surface area contributed by atoms with Crippen molar-refractivity contribution in [2.75, 3.05) is 32.4 Å². The lowest BCUT2D eigenvalue weighted by Crippen LogP contribution is -2.67. The SMILES string of the molecule is CSc1ccc(-c2ccc(C3CN(C(=O)N4CC5(CC(c6ccc(C(F)(F)F)nc6)C5)C4)C3)cn2)c(Cl)c1. The molecule has 3 aromatic rings. The zero-order chi connectivity index (χ0) is 26.7. The summed E-state index contributed by atoms with van der Waals surface area (Å²) in [7, 11) is 0. The zero-order valence-corrected chi connectivity index (χ0v) is 22.3. The van der Waals surface area contributed by atoms with Crippen LogP contribution in [0.15, 0.2) is 59.8 Å². The Morgan fingerprint density at radius 1 is 0.974 bits per heavy atom. The smallest absolute Gasteiger partial charge is 0.323 e. The first-order valence-electron chi connectivity index (χ1n) is 12.5. The third-order valence-corrected chi connectivity index (χ3v) is 9.13. The van der Waals surface area contributed by atoms with Gasteiger partial charge in [-0.25, -0.2) is 4.79 Å². The number of carbonyl (C=O) groups excluding carboxylic acids is 1. The number of likely N-dealkylation sites (tertiary alicyclic amines) is 2. The summed E-state index contributed by atoms with van der Waals surface area (Å²) in [4.78, 5) is 26.0. The van der Waals surface area contributed by atoms with Crippen LogP contribution in [0.25, 0.3) is 11.3 Å². The molecule has 1 saturated carbocycles. The van der Waals surface area contributed by atoms with Crippen LogP contribution in [0.1, 0.15) is 41.5 Å². The third-order valence-electron chi connectivity index (χ3n) is 8.09. The van der Waals surface area contributed by atoms with Gasteiger partial charge in [0.05, 0.1) is 10.7 Å². The van der Waals surface area contributed by atoms with E-state index < -0.39 is 11.9 Å². The predicted octanol–water partition coefficient (Wildman–Crippen LogP) is 6.94. The van der Waals surface area contributed by atoms with Crippen molar-refractivity contribution in [1.29, 1.82) is 0 Å². The van der Waals surface area contributed by atoms with Crippen molar-refractivity contribution < 1.29 is 18.0 Å². The average molecular weight is 559 g/mol. The molecule has 4 heterocycles. The number of nitrogens with zero attached hydrogens (tertiary/aromatic N) is 4. The Labute approximate surface area is 228 Å². The molecule has 6 rings (SSSR count). The van der Waals surface area contributed by atoms with Gasteiger partial charge in [0.25, 0.3) is 0 Å². The molecule has 38 heavy (non-hydrogen) atoms. The molecule has 0 N–H and O–H groups in total. The molecule has 2 amide bonds. The maximum atomic E-state index is 12.9. The Kier molecular flexibility index (Phi) is 6.34. The fourth-order valence-corrected chi connectivity index (χ4v) is 6.66. The molecule has 3 fully saturated rings. The maximum absolute atomic E-state index is 12.9. The van der Waals surface area contributed by atoms with Crippen molar-refractivity contribution in [3.8, 4) is 11.3 Å². The second-order valence-electron chi connectivity index (χ2n) is 10.6. The Balaban J connectivity index is 0.976. The molecule has 2 aromatic heterocycles. The van der Waals surface area contributed by atoms with Crippen LogP contribution in [0.5, 0.6) is 0 Å². The number of pyridine rings is 2. The van der Waals surface area contributed by atoms with Gasteiger partial charge in [-0.05, 0) is 60.4 Å². The molecular weight excluding hydrogens is 533 g/mol. The summed E-state index contributed by atoms with van der Waals surface area (Å²) >= 11 is 8.08. The highest BCUT2D eigenvalue weighted by Crippen LogP contribution is 2.56. The second-order valence-corrected chi connectivity index (χ2v) is 11.9. The molecule has 3 aliphatic rings. The number of amides is 2. The topological polar surface area (TPSA) is 49.3 Å². The highest BCUT2D eigenvalue weighted by atomic mass is 35.5. The molecule has 0 bridgehead atoms. The van der Waals surface area contributed by atoms with Crippen molar-refractivity contribution in [3.05, 3.63) is 76.7 Å². The number of hydrogen-bond donors (Lipinski definition) is 0. The minimum Gasteiger partial charge on any atom is -0.323 e. The first-order chi connectivity index (χ1) is 18.1. The van der Waals surface area contributed by atoms with E-state index in [9.17, 15) is 18.0 Å². The standard InChI is InChI=1S/C28H26ClF3N4OS/c1-38-21-4-5-22(23(29)8-21)24-6-2-18(11-33-24)20-13-35(14-20)26(37)36-15-27(16-36)9-19(10-27)17-3-7-25(34-12-17)28(30,31)32/h2-8,11-12,19-20H,9-10,13-16H2,1H3. The highest BCUT2D eigenvalue weighted by Gasteiger charge is 2.55. The van der Waals surface area contributed by atoms with E-state index in [0.717, 1.165) is 46.2 Å². The van der Waals surface area contributed by atoms with Gasteiger partial charge in [0, 0.05) is 60.4 Å². The van der Waals surface area contributed by atoms with Gasteiger partial charge < -0.3 is 9.80 Å². The summed E-state index contributed by atoms with van der Waals surface area (Å²) < 4.78 is 38.2. The van der Waals surface area contributed by atoms with Crippen molar-refractivity contribution in [2.24, 2.45) is 5.41 Å². The second kappa shape index (κ2) is 9.45. The van der Waals surface area contributed by atoms with Gasteiger partial charge in [-0.3, -0.25) is 9.97 Å². The first kappa shape index (κ1) is 25.5. The normalized spacial score (nSPS) is 19.2. The molecule has 0 unspecified atom stereocenters. The Morgan fingerprint density at radius 2 is 1.66 bits per heavy atom. The number of urea groups is 1. The molecule has 1 spiro atoms. The Morgan fingerprint density at radius 3 is 2.24 bits per heavy atom. The van der Waals surface area contributed by atoms with Crippen molar-refractivity contribution >= 4 is 29.4 Å². The summed E-state index contributed by atoms with van der Waals surface area (Å²) in [5.41, 5.74) is 2.93. The van der Waals surface area contributed by atoms with E-state index in [1.54, 1.807) is 11.8 Å². The van der Waals surface area contributed by atoms with Crippen LogP contribution in [-0.4, -0.2) is 58.2 Å². The summed E-state index contributed by atoms with van der Waals surface area (Å²) in [6.45, 7) is 2.77. The number of halogens is 4. The predicted molar refractivity (Wildman–Crippen MR) is 141 cm³/mol. The van der Waals surface area contributed by atoms with Gasteiger partial charge in [0.15, 0.2) is 0 Å². The van der Waals surface area contributed by atoms with Crippen LogP contribution in [-0.2, 0) is 6.18 Å². The minimum atomic E-state index is -4.42. The lowest BCUT2D eigenvalue weighted by molar-refractivity contribution is -0.141. The van der Waals surface area contributed by atoms with Gasteiger partial charge in [0.1, 0.15) is 5.69 Å². The third kappa shape index (κ3) is 4.64. The van der Waals surface area contributed by atoms with Crippen molar-refractivity contribution in [3.63, 3.8) is 0 Å². The molecule has 0 radical (unpaired) electrons. The first-order valence-corrected chi connectivity index (χ1v) is 14.1. The fourth-order valence-electron chi connectivity index (χ4n) is 5.87. The van der Waals surface area contributed by atoms with Crippen LogP contribution in [0.2, 0.25) is 5.02 Å². The lowest BCUT2D eigenvalue weighted by atomic mass is 9.56. The van der Waals surface area contributed by atoms with Crippen molar-refractivity contribution in [2.45, 2.75) is 35.7 Å². The van der Waals surface area contributed by atoms with Gasteiger partial charge in [-0.15, -0.1) is 11.8 Å². The number of aromatic nitrogens is 2. The van der Waals surface area contributed by atoms with Crippen LogP contribution in [0.4, 0.5) is 18.0 Å². The van der Waals surface area contributed by atoms with Gasteiger partial charge in [-0.1, -0.05) is 29.8 Å². The van der Waals surface area contributed by atoms with Crippen LogP contribution < -0.4 is 0 Å². The molecule has 1 aliphatic carbocycles. The number of rotatable bonds is 4. The summed E-state index contributed by atoms with van der Waals surface area (Å²) in [5.74, 6) is 0.481. The monoisotopic (exact) mass is 558 g/mol. The van der Waals surface area contributed by atoms with Crippen LogP contribution in [0, 0.1) is 5.41 Å². The number of hydrogen-bond acceptors (Lipinski definition) is 4. The maximum Gasteiger partial charge on any atom is 0.433 e. The summed E-state index contributed by atoms with van der Waals surface area (Å²) in [6, 6.07) is 12.7. The van der Waals surface area contributed by atoms with E-state index >= 15 is 0 Å². The number of benzene rings is 1. The summed E-state index contributed by atoms with van der Waals surface area (Å²) in [5, 5.41) is 0.679. The Hall–Kier alpha value is -2.78. The number of alkyl halides is 3. The quantitative estimate of drug-likeness (QED) is 0.326. The lowest BCUT2D eigenvalue weighted by Gasteiger charge is -2.60. The fraction of sp³-hybridized carbons (Fsp3) is 0.393.